The second-order valence-electron chi connectivity index (χ2n) is 3.95. The van der Waals surface area contributed by atoms with Gasteiger partial charge in [0.05, 0.1) is 0 Å². The van der Waals surface area contributed by atoms with Crippen LogP contribution in [0.4, 0.5) is 0 Å². The van der Waals surface area contributed by atoms with Crippen LogP contribution in [-0.4, -0.2) is 0 Å². The molecule has 2 aromatic rings. The summed E-state index contributed by atoms with van der Waals surface area (Å²) in [6, 6.07) is 14.8. The quantitative estimate of drug-likeness (QED) is 0.658. The first-order valence-corrected chi connectivity index (χ1v) is 6.68. The van der Waals surface area contributed by atoms with E-state index in [0.29, 0.717) is 0 Å². The van der Waals surface area contributed by atoms with Crippen LogP contribution in [0.25, 0.3) is 0 Å². The minimum atomic E-state index is 0.890. The van der Waals surface area contributed by atoms with Crippen molar-refractivity contribution in [3.8, 4) is 0 Å². The number of hydrogen-bond donors (Lipinski definition) is 0. The Kier molecular flexibility index (Phi) is 2.66. The van der Waals surface area contributed by atoms with Crippen molar-refractivity contribution in [2.45, 2.75) is 17.1 Å². The van der Waals surface area contributed by atoms with Gasteiger partial charge in [-0.05, 0) is 28.8 Å². The highest BCUT2D eigenvalue weighted by Crippen LogP contribution is 2.36. The molecule has 0 saturated heterocycles. The lowest BCUT2D eigenvalue weighted by Crippen LogP contribution is -1.92. The topological polar surface area (TPSA) is 0 Å². The molecule has 0 radical (unpaired) electrons. The Balaban J connectivity index is 2.13. The third-order valence-electron chi connectivity index (χ3n) is 2.94. The van der Waals surface area contributed by atoms with Crippen LogP contribution in [0.2, 0.25) is 5.02 Å². The molecule has 0 unspecified atom stereocenters. The Morgan fingerprint density at radius 2 is 1.75 bits per heavy atom. The lowest BCUT2D eigenvalue weighted by molar-refractivity contribution is 1.12. The fourth-order valence-corrected chi connectivity index (χ4v) is 3.48. The second kappa shape index (κ2) is 4.15. The van der Waals surface area contributed by atoms with E-state index in [4.69, 9.17) is 11.6 Å². The molecule has 0 amide bonds. The second-order valence-corrected chi connectivity index (χ2v) is 5.38. The first kappa shape index (κ1) is 10.2. The normalized spacial score (nSPS) is 13.8. The Hall–Kier alpha value is -0.920. The van der Waals surface area contributed by atoms with Crippen LogP contribution in [0.15, 0.2) is 47.4 Å². The molecule has 2 aromatic carbocycles. The summed E-state index contributed by atoms with van der Waals surface area (Å²) in [5.41, 5.74) is 4.11. The van der Waals surface area contributed by atoms with Gasteiger partial charge in [-0.25, -0.2) is 0 Å². The van der Waals surface area contributed by atoms with Gasteiger partial charge in [0.25, 0.3) is 0 Å². The minimum absolute atomic E-state index is 0.890. The van der Waals surface area contributed by atoms with Crippen molar-refractivity contribution >= 4 is 23.4 Å². The fraction of sp³-hybridized carbons (Fsp3) is 0.143. The number of thioether (sulfide) groups is 1. The van der Waals surface area contributed by atoms with Gasteiger partial charge in [0, 0.05) is 22.1 Å². The summed E-state index contributed by atoms with van der Waals surface area (Å²) in [6.07, 6.45) is 0.957. The van der Waals surface area contributed by atoms with Crippen LogP contribution in [0.5, 0.6) is 0 Å². The number of fused-ring (bicyclic) bond motifs is 2. The fourth-order valence-electron chi connectivity index (χ4n) is 2.06. The molecule has 0 spiro atoms. The zero-order valence-electron chi connectivity index (χ0n) is 8.74. The summed E-state index contributed by atoms with van der Waals surface area (Å²) in [5, 5.41) is 0.890. The van der Waals surface area contributed by atoms with E-state index in [1.54, 1.807) is 0 Å². The maximum absolute atomic E-state index is 6.27. The van der Waals surface area contributed by atoms with E-state index in [2.05, 4.69) is 30.3 Å². The Morgan fingerprint density at radius 1 is 0.938 bits per heavy atom. The molecule has 16 heavy (non-hydrogen) atoms. The maximum atomic E-state index is 6.27. The summed E-state index contributed by atoms with van der Waals surface area (Å²) in [7, 11) is 0. The van der Waals surface area contributed by atoms with Crippen LogP contribution in [0, 0.1) is 0 Å². The van der Waals surface area contributed by atoms with Crippen molar-refractivity contribution in [2.24, 2.45) is 0 Å². The van der Waals surface area contributed by atoms with Gasteiger partial charge < -0.3 is 0 Å². The van der Waals surface area contributed by atoms with E-state index in [0.717, 1.165) is 17.2 Å². The molecule has 0 saturated carbocycles. The van der Waals surface area contributed by atoms with Gasteiger partial charge in [-0.2, -0.15) is 0 Å². The SMILES string of the molecule is Clc1cccc2c1Cc1ccccc1CS2. The molecule has 0 fully saturated rings. The average Bonchev–Trinajstić information content (AvgIpc) is 2.50. The molecular formula is C14H11ClS. The predicted molar refractivity (Wildman–Crippen MR) is 70.3 cm³/mol. The highest BCUT2D eigenvalue weighted by molar-refractivity contribution is 7.98. The lowest BCUT2D eigenvalue weighted by atomic mass is 10.0. The van der Waals surface area contributed by atoms with Gasteiger partial charge in [-0.3, -0.25) is 0 Å². The van der Waals surface area contributed by atoms with Crippen molar-refractivity contribution in [3.05, 3.63) is 64.2 Å². The Morgan fingerprint density at radius 3 is 2.62 bits per heavy atom. The molecule has 0 bridgehead atoms. The maximum Gasteiger partial charge on any atom is 0.0452 e. The van der Waals surface area contributed by atoms with Crippen molar-refractivity contribution in [1.29, 1.82) is 0 Å². The van der Waals surface area contributed by atoms with Gasteiger partial charge in [0.15, 0.2) is 0 Å². The van der Waals surface area contributed by atoms with Gasteiger partial charge >= 0.3 is 0 Å². The lowest BCUT2D eigenvalue weighted by Gasteiger charge is -2.06. The van der Waals surface area contributed by atoms with Gasteiger partial charge in [0.1, 0.15) is 0 Å². The largest absolute Gasteiger partial charge is 0.121 e. The van der Waals surface area contributed by atoms with E-state index >= 15 is 0 Å². The zero-order chi connectivity index (χ0) is 11.0. The third-order valence-corrected chi connectivity index (χ3v) is 4.45. The highest BCUT2D eigenvalue weighted by Gasteiger charge is 2.14. The zero-order valence-corrected chi connectivity index (χ0v) is 10.3. The molecule has 2 heteroatoms. The summed E-state index contributed by atoms with van der Waals surface area (Å²) in [6.45, 7) is 0. The average molecular weight is 247 g/mol. The van der Waals surface area contributed by atoms with E-state index in [1.807, 2.05) is 23.9 Å². The van der Waals surface area contributed by atoms with Crippen molar-refractivity contribution in [2.75, 3.05) is 0 Å². The number of rotatable bonds is 0. The van der Waals surface area contributed by atoms with Crippen LogP contribution < -0.4 is 0 Å². The molecule has 80 valence electrons. The highest BCUT2D eigenvalue weighted by atomic mass is 35.5. The number of halogens is 1. The van der Waals surface area contributed by atoms with Gasteiger partial charge in [0.2, 0.25) is 0 Å². The van der Waals surface area contributed by atoms with Crippen LogP contribution >= 0.6 is 23.4 Å². The number of benzene rings is 2. The molecular weight excluding hydrogens is 236 g/mol. The van der Waals surface area contributed by atoms with Gasteiger partial charge in [-0.1, -0.05) is 41.9 Å². The molecule has 0 atom stereocenters. The number of hydrogen-bond acceptors (Lipinski definition) is 1. The Bertz CT molecular complexity index is 534. The van der Waals surface area contributed by atoms with E-state index < -0.39 is 0 Å². The first-order chi connectivity index (χ1) is 7.84. The summed E-state index contributed by atoms with van der Waals surface area (Å²) in [5.74, 6) is 1.05. The minimum Gasteiger partial charge on any atom is -0.121 e. The summed E-state index contributed by atoms with van der Waals surface area (Å²) < 4.78 is 0. The smallest absolute Gasteiger partial charge is 0.0452 e. The van der Waals surface area contributed by atoms with E-state index in [9.17, 15) is 0 Å². The molecule has 1 aliphatic rings. The standard InChI is InChI=1S/C14H11ClS/c15-13-6-3-7-14-12(13)8-10-4-1-2-5-11(10)9-16-14/h1-7H,8-9H2. The van der Waals surface area contributed by atoms with Crippen LogP contribution in [0.3, 0.4) is 0 Å². The van der Waals surface area contributed by atoms with Crippen molar-refractivity contribution in [1.82, 2.24) is 0 Å². The molecule has 1 heterocycles. The van der Waals surface area contributed by atoms with Crippen LogP contribution in [0.1, 0.15) is 16.7 Å². The first-order valence-electron chi connectivity index (χ1n) is 5.31. The van der Waals surface area contributed by atoms with Gasteiger partial charge in [-0.15, -0.1) is 11.8 Å². The molecule has 3 rings (SSSR count). The molecule has 0 aliphatic carbocycles. The van der Waals surface area contributed by atoms with Crippen LogP contribution in [-0.2, 0) is 12.2 Å². The molecule has 0 aromatic heterocycles. The van der Waals surface area contributed by atoms with Crippen molar-refractivity contribution in [3.63, 3.8) is 0 Å². The van der Waals surface area contributed by atoms with E-state index in [-0.39, 0.29) is 0 Å². The molecule has 0 N–H and O–H groups in total. The monoisotopic (exact) mass is 246 g/mol. The predicted octanol–water partition coefficient (Wildman–Crippen LogP) is 4.54. The van der Waals surface area contributed by atoms with Crippen molar-refractivity contribution < 1.29 is 0 Å². The Labute approximate surface area is 105 Å². The summed E-state index contributed by atoms with van der Waals surface area (Å²) in [4.78, 5) is 1.32. The molecule has 1 aliphatic heterocycles. The van der Waals surface area contributed by atoms with E-state index in [1.165, 1.54) is 21.6 Å². The molecule has 0 nitrogen and oxygen atoms in total. The summed E-state index contributed by atoms with van der Waals surface area (Å²) >= 11 is 8.15. The third kappa shape index (κ3) is 1.74.